The summed E-state index contributed by atoms with van der Waals surface area (Å²) in [6.45, 7) is 0. The summed E-state index contributed by atoms with van der Waals surface area (Å²) in [4.78, 5) is 21.9. The van der Waals surface area contributed by atoms with Crippen LogP contribution in [-0.4, -0.2) is 21.7 Å². The number of anilines is 1. The van der Waals surface area contributed by atoms with Gasteiger partial charge in [-0.3, -0.25) is 14.9 Å². The molecule has 2 rings (SSSR count). The second kappa shape index (κ2) is 7.46. The standard InChI is InChI=1S/C15H14N2O4S/c18-14-7-6-12(17(20)21)8-13(14)16-15(19)10-22-9-11-4-2-1-3-5-11/h1-8,18H,9-10H2,(H,16,19). The minimum atomic E-state index is -0.584. The van der Waals surface area contributed by atoms with Gasteiger partial charge in [-0.05, 0) is 11.6 Å². The van der Waals surface area contributed by atoms with Crippen molar-refractivity contribution in [2.45, 2.75) is 5.75 Å². The molecule has 0 atom stereocenters. The molecule has 0 aromatic heterocycles. The molecule has 114 valence electrons. The van der Waals surface area contributed by atoms with Gasteiger partial charge in [0.2, 0.25) is 5.91 Å². The van der Waals surface area contributed by atoms with Crippen LogP contribution in [0, 0.1) is 10.1 Å². The number of nitrogens with one attached hydrogen (secondary N) is 1. The van der Waals surface area contributed by atoms with Crippen molar-refractivity contribution >= 4 is 29.0 Å². The van der Waals surface area contributed by atoms with E-state index in [1.165, 1.54) is 23.9 Å². The number of benzene rings is 2. The lowest BCUT2D eigenvalue weighted by Gasteiger charge is -2.07. The summed E-state index contributed by atoms with van der Waals surface area (Å²) in [5, 5.41) is 22.8. The molecule has 0 saturated heterocycles. The summed E-state index contributed by atoms with van der Waals surface area (Å²) < 4.78 is 0. The van der Waals surface area contributed by atoms with Crippen LogP contribution in [0.15, 0.2) is 48.5 Å². The number of aromatic hydroxyl groups is 1. The lowest BCUT2D eigenvalue weighted by Crippen LogP contribution is -2.14. The molecule has 2 N–H and O–H groups in total. The Morgan fingerprint density at radius 3 is 2.64 bits per heavy atom. The van der Waals surface area contributed by atoms with Gasteiger partial charge in [0, 0.05) is 17.9 Å². The third-order valence-electron chi connectivity index (χ3n) is 2.81. The van der Waals surface area contributed by atoms with E-state index in [1.54, 1.807) is 0 Å². The fraction of sp³-hybridized carbons (Fsp3) is 0.133. The molecule has 1 amide bonds. The molecule has 2 aromatic rings. The molecule has 0 aliphatic heterocycles. The molecule has 0 aliphatic carbocycles. The Hall–Kier alpha value is -2.54. The predicted octanol–water partition coefficient (Wildman–Crippen LogP) is 3.17. The van der Waals surface area contributed by atoms with Crippen LogP contribution in [-0.2, 0) is 10.5 Å². The zero-order valence-electron chi connectivity index (χ0n) is 11.6. The van der Waals surface area contributed by atoms with Crippen molar-refractivity contribution in [3.8, 4) is 5.75 Å². The summed E-state index contributed by atoms with van der Waals surface area (Å²) in [5.74, 6) is 0.357. The van der Waals surface area contributed by atoms with Crippen molar-refractivity contribution in [2.75, 3.05) is 11.1 Å². The average molecular weight is 318 g/mol. The number of carbonyl (C=O) groups is 1. The molecule has 22 heavy (non-hydrogen) atoms. The summed E-state index contributed by atoms with van der Waals surface area (Å²) >= 11 is 1.42. The van der Waals surface area contributed by atoms with Crippen LogP contribution in [0.25, 0.3) is 0 Å². The van der Waals surface area contributed by atoms with Gasteiger partial charge in [0.25, 0.3) is 5.69 Å². The summed E-state index contributed by atoms with van der Waals surface area (Å²) in [6, 6.07) is 13.2. The Morgan fingerprint density at radius 1 is 1.23 bits per heavy atom. The van der Waals surface area contributed by atoms with E-state index in [4.69, 9.17) is 0 Å². The number of non-ortho nitro benzene ring substituents is 1. The van der Waals surface area contributed by atoms with Crippen LogP contribution in [0.3, 0.4) is 0 Å². The van der Waals surface area contributed by atoms with E-state index in [2.05, 4.69) is 5.32 Å². The summed E-state index contributed by atoms with van der Waals surface area (Å²) in [7, 11) is 0. The first-order chi connectivity index (χ1) is 10.6. The lowest BCUT2D eigenvalue weighted by atomic mass is 10.2. The maximum Gasteiger partial charge on any atom is 0.271 e. The van der Waals surface area contributed by atoms with Crippen LogP contribution >= 0.6 is 11.8 Å². The molecule has 0 fully saturated rings. The first-order valence-electron chi connectivity index (χ1n) is 6.45. The molecule has 0 bridgehead atoms. The van der Waals surface area contributed by atoms with Crippen molar-refractivity contribution in [1.82, 2.24) is 0 Å². The average Bonchev–Trinajstić information content (AvgIpc) is 2.50. The molecule has 0 radical (unpaired) electrons. The van der Waals surface area contributed by atoms with Crippen LogP contribution in [0.2, 0.25) is 0 Å². The van der Waals surface area contributed by atoms with Crippen LogP contribution in [0.5, 0.6) is 5.75 Å². The summed E-state index contributed by atoms with van der Waals surface area (Å²) in [5.41, 5.74) is 0.961. The predicted molar refractivity (Wildman–Crippen MR) is 86.0 cm³/mol. The van der Waals surface area contributed by atoms with E-state index >= 15 is 0 Å². The van der Waals surface area contributed by atoms with Crippen LogP contribution in [0.4, 0.5) is 11.4 Å². The molecule has 0 saturated carbocycles. The Kier molecular flexibility index (Phi) is 5.37. The first-order valence-corrected chi connectivity index (χ1v) is 7.60. The van der Waals surface area contributed by atoms with E-state index in [1.807, 2.05) is 30.3 Å². The largest absolute Gasteiger partial charge is 0.506 e. The zero-order chi connectivity index (χ0) is 15.9. The number of nitro benzene ring substituents is 1. The van der Waals surface area contributed by atoms with Gasteiger partial charge < -0.3 is 10.4 Å². The minimum Gasteiger partial charge on any atom is -0.506 e. The maximum absolute atomic E-state index is 11.8. The maximum atomic E-state index is 11.8. The highest BCUT2D eigenvalue weighted by molar-refractivity contribution is 7.99. The Labute approximate surface area is 131 Å². The third kappa shape index (κ3) is 4.49. The number of phenolic OH excluding ortho intramolecular Hbond substituents is 1. The van der Waals surface area contributed by atoms with E-state index in [0.29, 0.717) is 5.75 Å². The number of hydrogen-bond acceptors (Lipinski definition) is 5. The Morgan fingerprint density at radius 2 is 1.95 bits per heavy atom. The lowest BCUT2D eigenvalue weighted by molar-refractivity contribution is -0.384. The summed E-state index contributed by atoms with van der Waals surface area (Å²) in [6.07, 6.45) is 0. The van der Waals surface area contributed by atoms with Gasteiger partial charge in [-0.15, -0.1) is 11.8 Å². The smallest absolute Gasteiger partial charge is 0.271 e. The van der Waals surface area contributed by atoms with E-state index < -0.39 is 4.92 Å². The molecule has 2 aromatic carbocycles. The Balaban J connectivity index is 1.89. The highest BCUT2D eigenvalue weighted by atomic mass is 32.2. The number of hydrogen-bond donors (Lipinski definition) is 2. The SMILES string of the molecule is O=C(CSCc1ccccc1)Nc1cc([N+](=O)[O-])ccc1O. The van der Waals surface area contributed by atoms with Crippen molar-refractivity contribution in [2.24, 2.45) is 0 Å². The molecular formula is C15H14N2O4S. The number of amides is 1. The second-order valence-corrected chi connectivity index (χ2v) is 5.47. The number of rotatable bonds is 6. The van der Waals surface area contributed by atoms with E-state index in [9.17, 15) is 20.0 Å². The quantitative estimate of drug-likeness (QED) is 0.485. The molecule has 0 unspecified atom stereocenters. The molecule has 0 spiro atoms. The monoisotopic (exact) mass is 318 g/mol. The van der Waals surface area contributed by atoms with Crippen molar-refractivity contribution < 1.29 is 14.8 Å². The fourth-order valence-electron chi connectivity index (χ4n) is 1.76. The fourth-order valence-corrected chi connectivity index (χ4v) is 2.55. The van der Waals surface area contributed by atoms with Crippen molar-refractivity contribution in [3.63, 3.8) is 0 Å². The number of nitro groups is 1. The van der Waals surface area contributed by atoms with Gasteiger partial charge in [0.1, 0.15) is 5.75 Å². The minimum absolute atomic E-state index is 0.0412. The zero-order valence-corrected chi connectivity index (χ0v) is 12.4. The number of thioether (sulfide) groups is 1. The topological polar surface area (TPSA) is 92.5 Å². The highest BCUT2D eigenvalue weighted by Gasteiger charge is 2.12. The first kappa shape index (κ1) is 15.8. The molecule has 0 heterocycles. The van der Waals surface area contributed by atoms with Gasteiger partial charge in [0.05, 0.1) is 16.4 Å². The van der Waals surface area contributed by atoms with Crippen molar-refractivity contribution in [1.29, 1.82) is 0 Å². The van der Waals surface area contributed by atoms with Gasteiger partial charge in [-0.2, -0.15) is 0 Å². The molecular weight excluding hydrogens is 304 g/mol. The van der Waals surface area contributed by atoms with Gasteiger partial charge in [-0.1, -0.05) is 30.3 Å². The second-order valence-electron chi connectivity index (χ2n) is 4.49. The number of nitrogens with zero attached hydrogens (tertiary/aromatic N) is 1. The van der Waals surface area contributed by atoms with Crippen LogP contribution in [0.1, 0.15) is 5.56 Å². The normalized spacial score (nSPS) is 10.2. The van der Waals surface area contributed by atoms with Gasteiger partial charge in [0.15, 0.2) is 0 Å². The van der Waals surface area contributed by atoms with E-state index in [0.717, 1.165) is 11.6 Å². The number of carbonyl (C=O) groups excluding carboxylic acids is 1. The van der Waals surface area contributed by atoms with Crippen molar-refractivity contribution in [3.05, 3.63) is 64.2 Å². The molecule has 6 nitrogen and oxygen atoms in total. The van der Waals surface area contributed by atoms with Gasteiger partial charge in [-0.25, -0.2) is 0 Å². The van der Waals surface area contributed by atoms with E-state index in [-0.39, 0.29) is 28.8 Å². The molecule has 7 heteroatoms. The Bertz CT molecular complexity index is 676. The molecule has 0 aliphatic rings. The third-order valence-corrected chi connectivity index (χ3v) is 3.81. The van der Waals surface area contributed by atoms with Gasteiger partial charge >= 0.3 is 0 Å². The number of phenols is 1. The highest BCUT2D eigenvalue weighted by Crippen LogP contribution is 2.28. The van der Waals surface area contributed by atoms with Crippen LogP contribution < -0.4 is 5.32 Å².